The molecule has 5 nitrogen and oxygen atoms in total. The number of ether oxygens (including phenoxy) is 2. The van der Waals surface area contributed by atoms with E-state index in [4.69, 9.17) is 9.47 Å². The van der Waals surface area contributed by atoms with Crippen molar-refractivity contribution >= 4 is 11.7 Å². The van der Waals surface area contributed by atoms with Gasteiger partial charge in [-0.3, -0.25) is 4.79 Å². The number of carbonyl (C=O) groups is 1. The van der Waals surface area contributed by atoms with Crippen molar-refractivity contribution in [2.75, 3.05) is 19.5 Å². The Morgan fingerprint density at radius 3 is 2.13 bits per heavy atom. The van der Waals surface area contributed by atoms with Crippen LogP contribution in [0.1, 0.15) is 15.9 Å². The molecule has 0 radical (unpaired) electrons. The highest BCUT2D eigenvalue weighted by atomic mass is 19.4. The van der Waals surface area contributed by atoms with Crippen LogP contribution in [0.2, 0.25) is 0 Å². The van der Waals surface area contributed by atoms with Gasteiger partial charge in [-0.25, -0.2) is 4.98 Å². The molecular weight excluding hydrogens is 313 g/mol. The second kappa shape index (κ2) is 6.55. The van der Waals surface area contributed by atoms with E-state index in [1.54, 1.807) is 18.2 Å². The quantitative estimate of drug-likeness (QED) is 0.936. The number of rotatable bonds is 4. The van der Waals surface area contributed by atoms with Crippen molar-refractivity contribution in [3.05, 3.63) is 47.7 Å². The molecule has 1 heterocycles. The maximum Gasteiger partial charge on any atom is 0.417 e. The summed E-state index contributed by atoms with van der Waals surface area (Å²) >= 11 is 0. The van der Waals surface area contributed by atoms with Crippen molar-refractivity contribution in [3.63, 3.8) is 0 Å². The van der Waals surface area contributed by atoms with E-state index >= 15 is 0 Å². The van der Waals surface area contributed by atoms with Gasteiger partial charge in [0.25, 0.3) is 5.91 Å². The van der Waals surface area contributed by atoms with E-state index in [0.29, 0.717) is 6.20 Å². The highest BCUT2D eigenvalue weighted by Gasteiger charge is 2.30. The number of alkyl halides is 3. The van der Waals surface area contributed by atoms with Crippen LogP contribution in [0.15, 0.2) is 36.5 Å². The standard InChI is InChI=1S/C15H13F3N2O3/c1-22-10-4-3-5-11(23-2)13(10)14(21)20-12-7-6-9(8-19-12)15(16,17)18/h3-8H,1-2H3,(H,19,20,21). The summed E-state index contributed by atoms with van der Waals surface area (Å²) in [4.78, 5) is 15.9. The summed E-state index contributed by atoms with van der Waals surface area (Å²) in [7, 11) is 2.78. The maximum absolute atomic E-state index is 12.5. The Bertz CT molecular complexity index is 678. The lowest BCUT2D eigenvalue weighted by Crippen LogP contribution is -2.16. The first-order valence-corrected chi connectivity index (χ1v) is 6.42. The van der Waals surface area contributed by atoms with Crippen LogP contribution in [0.4, 0.5) is 19.0 Å². The Balaban J connectivity index is 2.26. The zero-order valence-corrected chi connectivity index (χ0v) is 12.3. The predicted molar refractivity (Wildman–Crippen MR) is 76.7 cm³/mol. The van der Waals surface area contributed by atoms with Gasteiger partial charge in [0, 0.05) is 6.20 Å². The minimum absolute atomic E-state index is 0.0176. The van der Waals surface area contributed by atoms with Crippen molar-refractivity contribution < 1.29 is 27.4 Å². The van der Waals surface area contributed by atoms with Gasteiger partial charge in [-0.15, -0.1) is 0 Å². The lowest BCUT2D eigenvalue weighted by molar-refractivity contribution is -0.137. The molecule has 0 saturated carbocycles. The van der Waals surface area contributed by atoms with E-state index in [9.17, 15) is 18.0 Å². The smallest absolute Gasteiger partial charge is 0.417 e. The molecule has 1 aromatic heterocycles. The first-order valence-electron chi connectivity index (χ1n) is 6.42. The molecule has 0 unspecified atom stereocenters. The summed E-state index contributed by atoms with van der Waals surface area (Å²) in [5.41, 5.74) is -0.774. The van der Waals surface area contributed by atoms with Crippen molar-refractivity contribution in [1.82, 2.24) is 4.98 Å². The van der Waals surface area contributed by atoms with Crippen LogP contribution in [0.5, 0.6) is 11.5 Å². The van der Waals surface area contributed by atoms with Crippen LogP contribution in [-0.2, 0) is 6.18 Å². The minimum atomic E-state index is -4.48. The number of nitrogens with zero attached hydrogens (tertiary/aromatic N) is 1. The maximum atomic E-state index is 12.5. The SMILES string of the molecule is COc1cccc(OC)c1C(=O)Nc1ccc(C(F)(F)F)cn1. The third kappa shape index (κ3) is 3.71. The molecule has 0 aliphatic heterocycles. The first kappa shape index (κ1) is 16.6. The van der Waals surface area contributed by atoms with Gasteiger partial charge in [0.1, 0.15) is 22.9 Å². The summed E-state index contributed by atoms with van der Waals surface area (Å²) in [5, 5.41) is 2.41. The van der Waals surface area contributed by atoms with Gasteiger partial charge < -0.3 is 14.8 Å². The topological polar surface area (TPSA) is 60.5 Å². The molecule has 0 fully saturated rings. The molecule has 2 rings (SSSR count). The number of hydrogen-bond donors (Lipinski definition) is 1. The van der Waals surface area contributed by atoms with Crippen molar-refractivity contribution in [2.24, 2.45) is 0 Å². The first-order chi connectivity index (χ1) is 10.9. The normalized spacial score (nSPS) is 11.0. The number of nitrogens with one attached hydrogen (secondary N) is 1. The van der Waals surface area contributed by atoms with E-state index in [2.05, 4.69) is 10.3 Å². The van der Waals surface area contributed by atoms with E-state index in [0.717, 1.165) is 12.1 Å². The molecule has 122 valence electrons. The van der Waals surface area contributed by atoms with Gasteiger partial charge in [-0.2, -0.15) is 13.2 Å². The number of methoxy groups -OCH3 is 2. The van der Waals surface area contributed by atoms with E-state index in [1.165, 1.54) is 14.2 Å². The van der Waals surface area contributed by atoms with Gasteiger partial charge in [-0.1, -0.05) is 6.07 Å². The Morgan fingerprint density at radius 2 is 1.70 bits per heavy atom. The monoisotopic (exact) mass is 326 g/mol. The number of anilines is 1. The fourth-order valence-electron chi connectivity index (χ4n) is 1.89. The van der Waals surface area contributed by atoms with Crippen LogP contribution in [0.3, 0.4) is 0 Å². The Labute approximate surface area is 130 Å². The molecule has 2 aromatic rings. The van der Waals surface area contributed by atoms with E-state index in [-0.39, 0.29) is 22.9 Å². The fraction of sp³-hybridized carbons (Fsp3) is 0.200. The van der Waals surface area contributed by atoms with Crippen LogP contribution in [0, 0.1) is 0 Å². The molecular formula is C15H13F3N2O3. The van der Waals surface area contributed by atoms with Gasteiger partial charge >= 0.3 is 6.18 Å². The van der Waals surface area contributed by atoms with Crippen molar-refractivity contribution in [3.8, 4) is 11.5 Å². The summed E-state index contributed by atoms with van der Waals surface area (Å²) in [5.74, 6) is -0.0787. The number of pyridine rings is 1. The van der Waals surface area contributed by atoms with Gasteiger partial charge in [0.2, 0.25) is 0 Å². The zero-order chi connectivity index (χ0) is 17.0. The number of aromatic nitrogens is 1. The summed E-state index contributed by atoms with van der Waals surface area (Å²) in [6.07, 6.45) is -3.84. The van der Waals surface area contributed by atoms with Gasteiger partial charge in [0.15, 0.2) is 0 Å². The van der Waals surface area contributed by atoms with Gasteiger partial charge in [-0.05, 0) is 24.3 Å². The molecule has 0 spiro atoms. The largest absolute Gasteiger partial charge is 0.496 e. The highest BCUT2D eigenvalue weighted by Crippen LogP contribution is 2.30. The minimum Gasteiger partial charge on any atom is -0.496 e. The van der Waals surface area contributed by atoms with Crippen molar-refractivity contribution in [2.45, 2.75) is 6.18 Å². The Morgan fingerprint density at radius 1 is 1.09 bits per heavy atom. The number of amides is 1. The fourth-order valence-corrected chi connectivity index (χ4v) is 1.89. The molecule has 0 aliphatic rings. The molecule has 8 heteroatoms. The second-order valence-corrected chi connectivity index (χ2v) is 4.42. The third-order valence-electron chi connectivity index (χ3n) is 2.99. The van der Waals surface area contributed by atoms with Crippen molar-refractivity contribution in [1.29, 1.82) is 0 Å². The predicted octanol–water partition coefficient (Wildman–Crippen LogP) is 3.37. The molecule has 0 saturated heterocycles. The number of benzene rings is 1. The number of hydrogen-bond acceptors (Lipinski definition) is 4. The average molecular weight is 326 g/mol. The molecule has 0 atom stereocenters. The van der Waals surface area contributed by atoms with E-state index in [1.807, 2.05) is 0 Å². The Hall–Kier alpha value is -2.77. The summed E-state index contributed by atoms with van der Waals surface area (Å²) < 4.78 is 47.7. The van der Waals surface area contributed by atoms with Gasteiger partial charge in [0.05, 0.1) is 19.8 Å². The molecule has 0 aliphatic carbocycles. The van der Waals surface area contributed by atoms with Crippen LogP contribution < -0.4 is 14.8 Å². The van der Waals surface area contributed by atoms with Crippen LogP contribution in [0.25, 0.3) is 0 Å². The molecule has 0 bridgehead atoms. The number of carbonyl (C=O) groups excluding carboxylic acids is 1. The molecule has 23 heavy (non-hydrogen) atoms. The highest BCUT2D eigenvalue weighted by molar-refractivity contribution is 6.07. The zero-order valence-electron chi connectivity index (χ0n) is 12.3. The lowest BCUT2D eigenvalue weighted by Gasteiger charge is -2.13. The third-order valence-corrected chi connectivity index (χ3v) is 2.99. The van der Waals surface area contributed by atoms with Crippen LogP contribution >= 0.6 is 0 Å². The Kier molecular flexibility index (Phi) is 4.73. The molecule has 1 amide bonds. The molecule has 1 N–H and O–H groups in total. The lowest BCUT2D eigenvalue weighted by atomic mass is 10.1. The summed E-state index contributed by atoms with van der Waals surface area (Å²) in [6, 6.07) is 6.69. The second-order valence-electron chi connectivity index (χ2n) is 4.42. The van der Waals surface area contributed by atoms with Crippen LogP contribution in [-0.4, -0.2) is 25.1 Å². The van der Waals surface area contributed by atoms with E-state index < -0.39 is 17.6 Å². The summed E-state index contributed by atoms with van der Waals surface area (Å²) in [6.45, 7) is 0. The number of halogens is 3. The average Bonchev–Trinajstić information content (AvgIpc) is 2.53. The molecule has 1 aromatic carbocycles.